The lowest BCUT2D eigenvalue weighted by Crippen LogP contribution is -2.61. The molecule has 3 rings (SSSR count). The monoisotopic (exact) mass is 530 g/mol. The van der Waals surface area contributed by atoms with Crippen LogP contribution in [-0.4, -0.2) is 60.5 Å². The Morgan fingerprint density at radius 3 is 2.57 bits per heavy atom. The van der Waals surface area contributed by atoms with Crippen LogP contribution in [0.4, 0.5) is 4.79 Å². The number of nitrogens with zero attached hydrogens (tertiary/aromatic N) is 2. The normalized spacial score (nSPS) is 15.4. The molecule has 1 aliphatic rings. The fourth-order valence-electron chi connectivity index (χ4n) is 4.20. The Morgan fingerprint density at radius 2 is 1.89 bits per heavy atom. The summed E-state index contributed by atoms with van der Waals surface area (Å²) in [5.41, 5.74) is 9.24. The predicted molar refractivity (Wildman–Crippen MR) is 142 cm³/mol. The summed E-state index contributed by atoms with van der Waals surface area (Å²) in [5, 5.41) is 3.27. The minimum Gasteiger partial charge on any atom is -0.496 e. The number of benzene rings is 2. The number of nitrogens with two attached hydrogens (primary N) is 1. The molecule has 2 aromatic carbocycles. The molecule has 1 aliphatic heterocycles. The van der Waals surface area contributed by atoms with Crippen molar-refractivity contribution in [3.8, 4) is 11.5 Å². The van der Waals surface area contributed by atoms with E-state index in [1.807, 2.05) is 45.0 Å². The topological polar surface area (TPSA) is 114 Å². The standard InChI is InChI=1S/C27H35ClN4O5/c1-5-6-24(33)32-12-11-31(27(35)37-22-10-7-17(2)18(3)25(22)28)16-21(32)26(34)30-15-19-8-9-20(14-29)23(13-19)36-4/h7-10,13,21H,5-6,11-12,14-16,29H2,1-4H3,(H,30,34)/t21-/m0/s1. The van der Waals surface area contributed by atoms with Gasteiger partial charge in [0.2, 0.25) is 11.8 Å². The third-order valence-corrected chi connectivity index (χ3v) is 7.05. The van der Waals surface area contributed by atoms with E-state index in [9.17, 15) is 14.4 Å². The van der Waals surface area contributed by atoms with Crippen molar-refractivity contribution >= 4 is 29.5 Å². The van der Waals surface area contributed by atoms with Crippen LogP contribution in [0.3, 0.4) is 0 Å². The Balaban J connectivity index is 1.73. The lowest BCUT2D eigenvalue weighted by Gasteiger charge is -2.40. The second kappa shape index (κ2) is 12.8. The highest BCUT2D eigenvalue weighted by Gasteiger charge is 2.37. The SMILES string of the molecule is CCCC(=O)N1CCN(C(=O)Oc2ccc(C)c(C)c2Cl)C[C@H]1C(=O)NCc1ccc(CN)c(OC)c1. The molecule has 1 atom stereocenters. The molecule has 0 aromatic heterocycles. The fraction of sp³-hybridized carbons (Fsp3) is 0.444. The van der Waals surface area contributed by atoms with Gasteiger partial charge in [-0.15, -0.1) is 0 Å². The van der Waals surface area contributed by atoms with E-state index in [2.05, 4.69) is 5.32 Å². The fourth-order valence-corrected chi connectivity index (χ4v) is 4.45. The number of hydrogen-bond donors (Lipinski definition) is 2. The van der Waals surface area contributed by atoms with Gasteiger partial charge in [-0.1, -0.05) is 36.7 Å². The second-order valence-corrected chi connectivity index (χ2v) is 9.43. The van der Waals surface area contributed by atoms with Crippen molar-refractivity contribution in [1.82, 2.24) is 15.1 Å². The van der Waals surface area contributed by atoms with Crippen LogP contribution < -0.4 is 20.5 Å². The Hall–Kier alpha value is -3.30. The number of carbonyl (C=O) groups excluding carboxylic acids is 3. The Morgan fingerprint density at radius 1 is 1.14 bits per heavy atom. The summed E-state index contributed by atoms with van der Waals surface area (Å²) >= 11 is 6.37. The highest BCUT2D eigenvalue weighted by molar-refractivity contribution is 6.33. The number of carbonyl (C=O) groups is 3. The van der Waals surface area contributed by atoms with Crippen LogP contribution >= 0.6 is 11.6 Å². The average molecular weight is 531 g/mol. The van der Waals surface area contributed by atoms with Gasteiger partial charge < -0.3 is 30.3 Å². The smallest absolute Gasteiger partial charge is 0.415 e. The Kier molecular flexibility index (Phi) is 9.77. The molecule has 1 saturated heterocycles. The van der Waals surface area contributed by atoms with Gasteiger partial charge in [0.1, 0.15) is 11.8 Å². The molecular weight excluding hydrogens is 496 g/mol. The van der Waals surface area contributed by atoms with Crippen molar-refractivity contribution in [2.24, 2.45) is 5.73 Å². The summed E-state index contributed by atoms with van der Waals surface area (Å²) in [7, 11) is 1.56. The minimum absolute atomic E-state index is 0.0119. The van der Waals surface area contributed by atoms with Crippen LogP contribution in [0.2, 0.25) is 5.02 Å². The summed E-state index contributed by atoms with van der Waals surface area (Å²) in [5.74, 6) is 0.426. The van der Waals surface area contributed by atoms with E-state index in [1.165, 1.54) is 4.90 Å². The van der Waals surface area contributed by atoms with Gasteiger partial charge in [0, 0.05) is 38.2 Å². The molecule has 0 unspecified atom stereocenters. The highest BCUT2D eigenvalue weighted by atomic mass is 35.5. The molecule has 37 heavy (non-hydrogen) atoms. The number of aryl methyl sites for hydroxylation is 1. The van der Waals surface area contributed by atoms with Crippen LogP contribution in [0, 0.1) is 13.8 Å². The number of ether oxygens (including phenoxy) is 2. The molecule has 2 aromatic rings. The maximum Gasteiger partial charge on any atom is 0.415 e. The highest BCUT2D eigenvalue weighted by Crippen LogP contribution is 2.30. The third-order valence-electron chi connectivity index (χ3n) is 6.58. The first-order valence-electron chi connectivity index (χ1n) is 12.4. The molecule has 0 bridgehead atoms. The van der Waals surface area contributed by atoms with E-state index in [-0.39, 0.29) is 43.7 Å². The first-order chi connectivity index (χ1) is 17.7. The van der Waals surface area contributed by atoms with Crippen LogP contribution in [0.25, 0.3) is 0 Å². The predicted octanol–water partition coefficient (Wildman–Crippen LogP) is 3.55. The number of amides is 3. The molecule has 200 valence electrons. The van der Waals surface area contributed by atoms with E-state index in [4.69, 9.17) is 26.8 Å². The summed E-state index contributed by atoms with van der Waals surface area (Å²) in [6.07, 6.45) is 0.366. The van der Waals surface area contributed by atoms with E-state index >= 15 is 0 Å². The molecule has 9 nitrogen and oxygen atoms in total. The van der Waals surface area contributed by atoms with Gasteiger partial charge in [-0.2, -0.15) is 0 Å². The number of methoxy groups -OCH3 is 1. The molecule has 10 heteroatoms. The number of halogens is 1. The van der Waals surface area contributed by atoms with Crippen LogP contribution in [0.15, 0.2) is 30.3 Å². The van der Waals surface area contributed by atoms with Gasteiger partial charge >= 0.3 is 6.09 Å². The first kappa shape index (κ1) is 28.3. The summed E-state index contributed by atoms with van der Waals surface area (Å²) in [6.45, 7) is 6.74. The molecule has 3 amide bonds. The van der Waals surface area contributed by atoms with Gasteiger partial charge in [0.25, 0.3) is 0 Å². The lowest BCUT2D eigenvalue weighted by molar-refractivity contribution is -0.143. The van der Waals surface area contributed by atoms with Crippen molar-refractivity contribution in [3.63, 3.8) is 0 Å². The average Bonchev–Trinajstić information content (AvgIpc) is 2.91. The van der Waals surface area contributed by atoms with Gasteiger partial charge in [-0.3, -0.25) is 9.59 Å². The quantitative estimate of drug-likeness (QED) is 0.539. The molecule has 1 heterocycles. The van der Waals surface area contributed by atoms with Crippen LogP contribution in [0.5, 0.6) is 11.5 Å². The molecule has 3 N–H and O–H groups in total. The summed E-state index contributed by atoms with van der Waals surface area (Å²) in [6, 6.07) is 8.17. The zero-order valence-electron chi connectivity index (χ0n) is 21.8. The van der Waals surface area contributed by atoms with Crippen LogP contribution in [-0.2, 0) is 22.7 Å². The number of nitrogens with one attached hydrogen (secondary N) is 1. The van der Waals surface area contributed by atoms with Crippen molar-refractivity contribution in [2.75, 3.05) is 26.7 Å². The maximum absolute atomic E-state index is 13.3. The Bertz CT molecular complexity index is 1160. The molecular formula is C27H35ClN4O5. The molecule has 0 saturated carbocycles. The molecule has 0 aliphatic carbocycles. The van der Waals surface area contributed by atoms with Gasteiger partial charge in [0.15, 0.2) is 5.75 Å². The van der Waals surface area contributed by atoms with Gasteiger partial charge in [-0.05, 0) is 49.1 Å². The van der Waals surface area contributed by atoms with E-state index < -0.39 is 12.1 Å². The lowest BCUT2D eigenvalue weighted by atomic mass is 10.1. The van der Waals surface area contributed by atoms with E-state index in [1.54, 1.807) is 18.1 Å². The van der Waals surface area contributed by atoms with Crippen LogP contribution in [0.1, 0.15) is 42.0 Å². The Labute approximate surface area is 222 Å². The zero-order valence-corrected chi connectivity index (χ0v) is 22.6. The van der Waals surface area contributed by atoms with Gasteiger partial charge in [-0.25, -0.2) is 4.79 Å². The second-order valence-electron chi connectivity index (χ2n) is 9.05. The molecule has 0 radical (unpaired) electrons. The van der Waals surface area contributed by atoms with Crippen molar-refractivity contribution < 1.29 is 23.9 Å². The zero-order chi connectivity index (χ0) is 27.1. The number of piperazine rings is 1. The van der Waals surface area contributed by atoms with E-state index in [0.29, 0.717) is 30.2 Å². The van der Waals surface area contributed by atoms with Crippen molar-refractivity contribution in [2.45, 2.75) is 52.7 Å². The first-order valence-corrected chi connectivity index (χ1v) is 12.7. The summed E-state index contributed by atoms with van der Waals surface area (Å²) < 4.78 is 10.9. The number of hydrogen-bond acceptors (Lipinski definition) is 6. The van der Waals surface area contributed by atoms with Crippen molar-refractivity contribution in [3.05, 3.63) is 57.6 Å². The maximum atomic E-state index is 13.3. The van der Waals surface area contributed by atoms with Gasteiger partial charge in [0.05, 0.1) is 18.7 Å². The minimum atomic E-state index is -0.846. The molecule has 1 fully saturated rings. The molecule has 0 spiro atoms. The van der Waals surface area contributed by atoms with Crippen molar-refractivity contribution in [1.29, 1.82) is 0 Å². The number of rotatable bonds is 8. The summed E-state index contributed by atoms with van der Waals surface area (Å²) in [4.78, 5) is 42.0. The largest absolute Gasteiger partial charge is 0.496 e. The third kappa shape index (κ3) is 6.72. The van der Waals surface area contributed by atoms with E-state index in [0.717, 1.165) is 22.3 Å².